The zero-order valence-electron chi connectivity index (χ0n) is 17.2. The molecule has 1 atom stereocenters. The van der Waals surface area contributed by atoms with Crippen molar-refractivity contribution in [3.05, 3.63) is 47.5 Å². The summed E-state index contributed by atoms with van der Waals surface area (Å²) in [6.45, 7) is 3.63. The number of ether oxygens (including phenoxy) is 2. The van der Waals surface area contributed by atoms with E-state index in [1.54, 1.807) is 25.6 Å². The summed E-state index contributed by atoms with van der Waals surface area (Å²) in [6.07, 6.45) is 3.86. The van der Waals surface area contributed by atoms with Gasteiger partial charge in [0.05, 0.1) is 31.5 Å². The maximum absolute atomic E-state index is 5.57. The van der Waals surface area contributed by atoms with Gasteiger partial charge in [-0.3, -0.25) is 4.90 Å². The quantitative estimate of drug-likeness (QED) is 0.592. The van der Waals surface area contributed by atoms with Crippen molar-refractivity contribution in [3.63, 3.8) is 0 Å². The molecular weight excluding hydrogens is 445 g/mol. The van der Waals surface area contributed by atoms with Crippen molar-refractivity contribution in [2.75, 3.05) is 33.9 Å². The Bertz CT molecular complexity index is 949. The van der Waals surface area contributed by atoms with Crippen LogP contribution in [-0.4, -0.2) is 53.3 Å². The first kappa shape index (κ1) is 24.4. The Morgan fingerprint density at radius 2 is 2.07 bits per heavy atom. The highest BCUT2D eigenvalue weighted by Crippen LogP contribution is 2.39. The predicted molar refractivity (Wildman–Crippen MR) is 124 cm³/mol. The van der Waals surface area contributed by atoms with E-state index in [-0.39, 0.29) is 30.9 Å². The van der Waals surface area contributed by atoms with Crippen LogP contribution >= 0.6 is 36.2 Å². The third kappa shape index (κ3) is 4.90. The Balaban J connectivity index is 0.00000160. The molecule has 0 bridgehead atoms. The lowest BCUT2D eigenvalue weighted by Gasteiger charge is -2.35. The second-order valence-electron chi connectivity index (χ2n) is 6.77. The van der Waals surface area contributed by atoms with E-state index in [9.17, 15) is 0 Å². The number of methoxy groups -OCH3 is 2. The number of aryl methyl sites for hydroxylation is 1. The van der Waals surface area contributed by atoms with Crippen LogP contribution < -0.4 is 14.8 Å². The van der Waals surface area contributed by atoms with Gasteiger partial charge in [0.15, 0.2) is 11.5 Å². The lowest BCUT2D eigenvalue weighted by molar-refractivity contribution is 0.143. The summed E-state index contributed by atoms with van der Waals surface area (Å²) >= 11 is 1.63. The van der Waals surface area contributed by atoms with E-state index >= 15 is 0 Å². The molecule has 2 aromatic heterocycles. The van der Waals surface area contributed by atoms with Gasteiger partial charge in [-0.2, -0.15) is 0 Å². The Kier molecular flexibility index (Phi) is 8.93. The van der Waals surface area contributed by atoms with Gasteiger partial charge in [0.2, 0.25) is 0 Å². The van der Waals surface area contributed by atoms with Crippen LogP contribution in [0.15, 0.2) is 36.0 Å². The highest BCUT2D eigenvalue weighted by Gasteiger charge is 2.27. The summed E-state index contributed by atoms with van der Waals surface area (Å²) in [5.74, 6) is 2.52. The summed E-state index contributed by atoms with van der Waals surface area (Å²) in [5.41, 5.74) is 2.02. The summed E-state index contributed by atoms with van der Waals surface area (Å²) in [4.78, 5) is 11.9. The van der Waals surface area contributed by atoms with E-state index in [4.69, 9.17) is 14.5 Å². The number of benzene rings is 1. The molecule has 164 valence electrons. The number of aromatic nitrogens is 3. The van der Waals surface area contributed by atoms with Crippen LogP contribution in [-0.2, 0) is 13.6 Å². The first-order valence-electron chi connectivity index (χ1n) is 9.29. The molecule has 1 fully saturated rings. The molecule has 1 unspecified atom stereocenters. The third-order valence-electron chi connectivity index (χ3n) is 5.06. The minimum absolute atomic E-state index is 0. The number of piperazine rings is 1. The molecule has 1 aromatic carbocycles. The van der Waals surface area contributed by atoms with Crippen molar-refractivity contribution in [1.29, 1.82) is 0 Å². The molecule has 0 radical (unpaired) electrons. The monoisotopic (exact) mass is 471 g/mol. The Morgan fingerprint density at radius 1 is 1.23 bits per heavy atom. The number of hydrogen-bond donors (Lipinski definition) is 1. The number of imidazole rings is 1. The van der Waals surface area contributed by atoms with E-state index in [1.807, 2.05) is 37.6 Å². The van der Waals surface area contributed by atoms with Gasteiger partial charge in [0.1, 0.15) is 10.8 Å². The topological polar surface area (TPSA) is 64.4 Å². The normalized spacial score (nSPS) is 16.4. The smallest absolute Gasteiger partial charge is 0.170 e. The first-order valence-corrected chi connectivity index (χ1v) is 10.2. The van der Waals surface area contributed by atoms with Crippen molar-refractivity contribution in [3.8, 4) is 22.1 Å². The summed E-state index contributed by atoms with van der Waals surface area (Å²) in [6, 6.07) is 6.12. The Morgan fingerprint density at radius 3 is 2.77 bits per heavy atom. The molecule has 0 amide bonds. The Hall–Kier alpha value is -1.84. The molecule has 0 aliphatic carbocycles. The van der Waals surface area contributed by atoms with Crippen LogP contribution in [0.5, 0.6) is 11.5 Å². The van der Waals surface area contributed by atoms with E-state index in [0.29, 0.717) is 5.75 Å². The summed E-state index contributed by atoms with van der Waals surface area (Å²) < 4.78 is 13.1. The van der Waals surface area contributed by atoms with E-state index in [2.05, 4.69) is 25.1 Å². The summed E-state index contributed by atoms with van der Waals surface area (Å²) in [7, 11) is 5.36. The van der Waals surface area contributed by atoms with Crippen LogP contribution in [0.2, 0.25) is 0 Å². The maximum atomic E-state index is 5.57. The number of nitrogens with zero attached hydrogens (tertiary/aromatic N) is 4. The standard InChI is InChI=1S/C20H25N5O2S.2ClH/c1-24-9-8-22-19(24)16-11-21-7-10-25(16)12-14-13-28-20(23-14)15-5-4-6-17(26-2)18(15)27-3;;/h4-6,8-9,13,16,21H,7,10-12H2,1-3H3;2*1H. The number of nitrogens with one attached hydrogen (secondary N) is 1. The average Bonchev–Trinajstić information content (AvgIpc) is 3.36. The molecule has 10 heteroatoms. The van der Waals surface area contributed by atoms with Crippen LogP contribution in [0.25, 0.3) is 10.6 Å². The molecule has 30 heavy (non-hydrogen) atoms. The van der Waals surface area contributed by atoms with E-state index in [1.165, 1.54) is 0 Å². The molecule has 0 spiro atoms. The predicted octanol–water partition coefficient (Wildman–Crippen LogP) is 3.55. The lowest BCUT2D eigenvalue weighted by Crippen LogP contribution is -2.46. The minimum Gasteiger partial charge on any atom is -0.493 e. The van der Waals surface area contributed by atoms with E-state index in [0.717, 1.165) is 54.0 Å². The molecule has 4 rings (SSSR count). The highest BCUT2D eigenvalue weighted by molar-refractivity contribution is 7.13. The maximum Gasteiger partial charge on any atom is 0.170 e. The van der Waals surface area contributed by atoms with Gasteiger partial charge in [-0.05, 0) is 12.1 Å². The lowest BCUT2D eigenvalue weighted by atomic mass is 10.1. The van der Waals surface area contributed by atoms with Crippen LogP contribution in [0.1, 0.15) is 17.6 Å². The van der Waals surface area contributed by atoms with Gasteiger partial charge < -0.3 is 19.4 Å². The van der Waals surface area contributed by atoms with Gasteiger partial charge in [-0.1, -0.05) is 6.07 Å². The fourth-order valence-electron chi connectivity index (χ4n) is 3.66. The van der Waals surface area contributed by atoms with Crippen LogP contribution in [0, 0.1) is 0 Å². The molecule has 1 saturated heterocycles. The van der Waals surface area contributed by atoms with Crippen LogP contribution in [0.3, 0.4) is 0 Å². The van der Waals surface area contributed by atoms with Crippen molar-refractivity contribution in [1.82, 2.24) is 24.8 Å². The molecule has 3 heterocycles. The summed E-state index contributed by atoms with van der Waals surface area (Å²) in [5, 5.41) is 6.55. The number of halogens is 2. The van der Waals surface area contributed by atoms with Gasteiger partial charge in [0.25, 0.3) is 0 Å². The second-order valence-corrected chi connectivity index (χ2v) is 7.63. The number of hydrogen-bond acceptors (Lipinski definition) is 7. The third-order valence-corrected chi connectivity index (χ3v) is 5.99. The van der Waals surface area contributed by atoms with Crippen molar-refractivity contribution in [2.24, 2.45) is 7.05 Å². The highest BCUT2D eigenvalue weighted by atomic mass is 35.5. The molecule has 1 aliphatic rings. The van der Waals surface area contributed by atoms with Crippen LogP contribution in [0.4, 0.5) is 0 Å². The molecule has 0 saturated carbocycles. The minimum atomic E-state index is 0. The molecular formula is C20H27Cl2N5O2S. The second kappa shape index (κ2) is 11.0. The Labute approximate surface area is 193 Å². The number of rotatable bonds is 6. The number of para-hydroxylation sites is 1. The largest absolute Gasteiger partial charge is 0.493 e. The fraction of sp³-hybridized carbons (Fsp3) is 0.400. The molecule has 1 N–H and O–H groups in total. The molecule has 3 aromatic rings. The zero-order chi connectivity index (χ0) is 19.5. The molecule has 1 aliphatic heterocycles. The average molecular weight is 472 g/mol. The van der Waals surface area contributed by atoms with Crippen molar-refractivity contribution < 1.29 is 9.47 Å². The first-order chi connectivity index (χ1) is 13.7. The SMILES string of the molecule is COc1cccc(-c2nc(CN3CCNCC3c3nccn3C)cs2)c1OC.Cl.Cl. The molecule has 7 nitrogen and oxygen atoms in total. The van der Waals surface area contributed by atoms with Gasteiger partial charge in [-0.25, -0.2) is 9.97 Å². The van der Waals surface area contributed by atoms with Crippen molar-refractivity contribution >= 4 is 36.2 Å². The van der Waals surface area contributed by atoms with Gasteiger partial charge in [-0.15, -0.1) is 36.2 Å². The van der Waals surface area contributed by atoms with Crippen molar-refractivity contribution in [2.45, 2.75) is 12.6 Å². The van der Waals surface area contributed by atoms with E-state index < -0.39 is 0 Å². The number of thiazole rings is 1. The van der Waals surface area contributed by atoms with Gasteiger partial charge in [0, 0.05) is 51.0 Å². The fourth-order valence-corrected chi connectivity index (χ4v) is 4.49. The zero-order valence-corrected chi connectivity index (χ0v) is 19.6. The van der Waals surface area contributed by atoms with Gasteiger partial charge >= 0.3 is 0 Å².